The molecule has 0 aliphatic heterocycles. The predicted octanol–water partition coefficient (Wildman–Crippen LogP) is 2.32. The topological polar surface area (TPSA) is 67.4 Å². The van der Waals surface area contributed by atoms with E-state index in [1.807, 2.05) is 31.2 Å². The molecule has 1 saturated carbocycles. The van der Waals surface area contributed by atoms with E-state index in [2.05, 4.69) is 10.6 Å². The van der Waals surface area contributed by atoms with Crippen molar-refractivity contribution in [3.8, 4) is 5.75 Å². The second-order valence-corrected chi connectivity index (χ2v) is 5.78. The maximum atomic E-state index is 12.0. The van der Waals surface area contributed by atoms with Gasteiger partial charge in [-0.05, 0) is 37.5 Å². The molecule has 1 aliphatic rings. The lowest BCUT2D eigenvalue weighted by molar-refractivity contribution is -0.140. The van der Waals surface area contributed by atoms with Gasteiger partial charge in [0.05, 0.1) is 13.2 Å². The van der Waals surface area contributed by atoms with Crippen LogP contribution in [0, 0.1) is 0 Å². The molecule has 0 heterocycles. The minimum atomic E-state index is -0.575. The quantitative estimate of drug-likeness (QED) is 0.839. The Hall–Kier alpha value is -2.04. The Kier molecular flexibility index (Phi) is 5.81. The second-order valence-electron chi connectivity index (χ2n) is 5.78. The van der Waals surface area contributed by atoms with Gasteiger partial charge in [-0.3, -0.25) is 9.59 Å². The minimum Gasteiger partial charge on any atom is -0.497 e. The van der Waals surface area contributed by atoms with Crippen molar-refractivity contribution in [2.45, 2.75) is 51.1 Å². The Morgan fingerprint density at radius 3 is 2.32 bits per heavy atom. The number of methoxy groups -OCH3 is 1. The van der Waals surface area contributed by atoms with Gasteiger partial charge in [0.25, 0.3) is 0 Å². The van der Waals surface area contributed by atoms with Crippen LogP contribution in [-0.2, 0) is 9.59 Å². The number of rotatable bonds is 4. The summed E-state index contributed by atoms with van der Waals surface area (Å²) in [6.07, 6.45) is 5.39. The molecule has 0 bridgehead atoms. The fourth-order valence-corrected chi connectivity index (χ4v) is 2.74. The number of hydrogen-bond donors (Lipinski definition) is 2. The summed E-state index contributed by atoms with van der Waals surface area (Å²) >= 11 is 0. The summed E-state index contributed by atoms with van der Waals surface area (Å²) in [4.78, 5) is 23.9. The summed E-state index contributed by atoms with van der Waals surface area (Å²) in [6, 6.07) is 7.34. The molecule has 1 aliphatic carbocycles. The molecular formula is C17H24N2O3. The maximum absolute atomic E-state index is 12.0. The number of ether oxygens (including phenoxy) is 1. The van der Waals surface area contributed by atoms with Crippen LogP contribution in [0.1, 0.15) is 50.6 Å². The standard InChI is InChI=1S/C17H24N2O3/c1-12(13-8-10-15(22-2)11-9-13)18-16(20)17(21)19-14-6-4-3-5-7-14/h8-12,14H,3-7H2,1-2H3,(H,18,20)(H,19,21). The van der Waals surface area contributed by atoms with Gasteiger partial charge in [0, 0.05) is 6.04 Å². The van der Waals surface area contributed by atoms with Gasteiger partial charge >= 0.3 is 11.8 Å². The van der Waals surface area contributed by atoms with Crippen molar-refractivity contribution in [2.75, 3.05) is 7.11 Å². The van der Waals surface area contributed by atoms with Crippen LogP contribution in [0.2, 0.25) is 0 Å². The fourth-order valence-electron chi connectivity index (χ4n) is 2.74. The highest BCUT2D eigenvalue weighted by atomic mass is 16.5. The highest BCUT2D eigenvalue weighted by Crippen LogP contribution is 2.18. The summed E-state index contributed by atoms with van der Waals surface area (Å²) in [5.74, 6) is -0.349. The van der Waals surface area contributed by atoms with Crippen LogP contribution in [-0.4, -0.2) is 25.0 Å². The molecule has 2 N–H and O–H groups in total. The average Bonchev–Trinajstić information content (AvgIpc) is 2.55. The molecule has 120 valence electrons. The van der Waals surface area contributed by atoms with Gasteiger partial charge in [-0.25, -0.2) is 0 Å². The first kappa shape index (κ1) is 16.3. The predicted molar refractivity (Wildman–Crippen MR) is 84.6 cm³/mol. The Bertz CT molecular complexity index is 507. The zero-order valence-corrected chi connectivity index (χ0v) is 13.2. The SMILES string of the molecule is COc1ccc(C(C)NC(=O)C(=O)NC2CCCCC2)cc1. The van der Waals surface area contributed by atoms with Gasteiger partial charge in [-0.1, -0.05) is 31.4 Å². The number of carbonyl (C=O) groups is 2. The molecule has 1 unspecified atom stereocenters. The third kappa shape index (κ3) is 4.48. The maximum Gasteiger partial charge on any atom is 0.309 e. The zero-order valence-electron chi connectivity index (χ0n) is 13.2. The van der Waals surface area contributed by atoms with E-state index in [0.717, 1.165) is 37.0 Å². The molecular weight excluding hydrogens is 280 g/mol. The molecule has 1 fully saturated rings. The van der Waals surface area contributed by atoms with Crippen molar-refractivity contribution in [1.82, 2.24) is 10.6 Å². The Morgan fingerprint density at radius 1 is 1.09 bits per heavy atom. The first-order chi connectivity index (χ1) is 10.6. The highest BCUT2D eigenvalue weighted by molar-refractivity contribution is 6.35. The Labute approximate surface area is 131 Å². The Morgan fingerprint density at radius 2 is 1.73 bits per heavy atom. The fraction of sp³-hybridized carbons (Fsp3) is 0.529. The summed E-state index contributed by atoms with van der Waals surface area (Å²) in [6.45, 7) is 1.85. The lowest BCUT2D eigenvalue weighted by Gasteiger charge is -2.23. The summed E-state index contributed by atoms with van der Waals surface area (Å²) in [5.41, 5.74) is 0.930. The first-order valence-electron chi connectivity index (χ1n) is 7.85. The van der Waals surface area contributed by atoms with Crippen molar-refractivity contribution < 1.29 is 14.3 Å². The normalized spacial score (nSPS) is 16.6. The molecule has 0 aromatic heterocycles. The molecule has 2 amide bonds. The average molecular weight is 304 g/mol. The molecule has 0 radical (unpaired) electrons. The van der Waals surface area contributed by atoms with E-state index in [4.69, 9.17) is 4.74 Å². The van der Waals surface area contributed by atoms with Crippen molar-refractivity contribution in [3.63, 3.8) is 0 Å². The van der Waals surface area contributed by atoms with Crippen molar-refractivity contribution >= 4 is 11.8 Å². The van der Waals surface area contributed by atoms with Crippen molar-refractivity contribution in [2.24, 2.45) is 0 Å². The molecule has 5 nitrogen and oxygen atoms in total. The van der Waals surface area contributed by atoms with E-state index in [9.17, 15) is 9.59 Å². The van der Waals surface area contributed by atoms with E-state index in [0.29, 0.717) is 0 Å². The van der Waals surface area contributed by atoms with Crippen molar-refractivity contribution in [3.05, 3.63) is 29.8 Å². The molecule has 1 atom stereocenters. The second kappa shape index (κ2) is 7.82. The Balaban J connectivity index is 1.85. The minimum absolute atomic E-state index is 0.142. The van der Waals surface area contributed by atoms with Crippen LogP contribution in [0.15, 0.2) is 24.3 Å². The largest absolute Gasteiger partial charge is 0.497 e. The van der Waals surface area contributed by atoms with Crippen LogP contribution in [0.3, 0.4) is 0 Å². The van der Waals surface area contributed by atoms with Gasteiger partial charge < -0.3 is 15.4 Å². The van der Waals surface area contributed by atoms with Gasteiger partial charge in [0.2, 0.25) is 0 Å². The van der Waals surface area contributed by atoms with Crippen LogP contribution in [0.25, 0.3) is 0 Å². The van der Waals surface area contributed by atoms with E-state index in [-0.39, 0.29) is 12.1 Å². The van der Waals surface area contributed by atoms with Gasteiger partial charge in [-0.15, -0.1) is 0 Å². The number of amides is 2. The molecule has 0 saturated heterocycles. The van der Waals surface area contributed by atoms with Gasteiger partial charge in [-0.2, -0.15) is 0 Å². The number of hydrogen-bond acceptors (Lipinski definition) is 3. The number of benzene rings is 1. The molecule has 1 aromatic carbocycles. The summed E-state index contributed by atoms with van der Waals surface area (Å²) in [5, 5.41) is 5.55. The van der Waals surface area contributed by atoms with Gasteiger partial charge in [0.1, 0.15) is 5.75 Å². The molecule has 22 heavy (non-hydrogen) atoms. The van der Waals surface area contributed by atoms with Crippen LogP contribution in [0.5, 0.6) is 5.75 Å². The lowest BCUT2D eigenvalue weighted by Crippen LogP contribution is -2.45. The van der Waals surface area contributed by atoms with E-state index >= 15 is 0 Å². The van der Waals surface area contributed by atoms with Crippen molar-refractivity contribution in [1.29, 1.82) is 0 Å². The first-order valence-corrected chi connectivity index (χ1v) is 7.85. The van der Waals surface area contributed by atoms with Crippen LogP contribution < -0.4 is 15.4 Å². The zero-order chi connectivity index (χ0) is 15.9. The summed E-state index contributed by atoms with van der Waals surface area (Å²) < 4.78 is 5.10. The van der Waals surface area contributed by atoms with E-state index in [1.54, 1.807) is 7.11 Å². The van der Waals surface area contributed by atoms with E-state index < -0.39 is 11.8 Å². The highest BCUT2D eigenvalue weighted by Gasteiger charge is 2.21. The molecule has 0 spiro atoms. The van der Waals surface area contributed by atoms with E-state index in [1.165, 1.54) is 6.42 Å². The third-order valence-corrected chi connectivity index (χ3v) is 4.11. The molecule has 2 rings (SSSR count). The lowest BCUT2D eigenvalue weighted by atomic mass is 9.95. The van der Waals surface area contributed by atoms with Crippen LogP contribution >= 0.6 is 0 Å². The number of carbonyl (C=O) groups excluding carboxylic acids is 2. The summed E-state index contributed by atoms with van der Waals surface area (Å²) in [7, 11) is 1.61. The molecule has 1 aromatic rings. The van der Waals surface area contributed by atoms with Gasteiger partial charge in [0.15, 0.2) is 0 Å². The smallest absolute Gasteiger partial charge is 0.309 e. The monoisotopic (exact) mass is 304 g/mol. The number of nitrogens with one attached hydrogen (secondary N) is 2. The van der Waals surface area contributed by atoms with Crippen LogP contribution in [0.4, 0.5) is 0 Å². The molecule has 5 heteroatoms. The third-order valence-electron chi connectivity index (χ3n) is 4.11.